The van der Waals surface area contributed by atoms with Crippen molar-refractivity contribution in [2.45, 2.75) is 48.0 Å². The van der Waals surface area contributed by atoms with E-state index in [1.807, 2.05) is 20.8 Å². The lowest BCUT2D eigenvalue weighted by atomic mass is 9.93. The lowest BCUT2D eigenvalue weighted by Gasteiger charge is -2.17. The van der Waals surface area contributed by atoms with Crippen molar-refractivity contribution < 1.29 is 33.3 Å². The van der Waals surface area contributed by atoms with Gasteiger partial charge in [-0.3, -0.25) is 9.63 Å². The topological polar surface area (TPSA) is 84.5 Å². The van der Waals surface area contributed by atoms with Crippen LogP contribution >= 0.6 is 0 Å². The molecule has 8 heteroatoms. The van der Waals surface area contributed by atoms with Crippen LogP contribution in [0.3, 0.4) is 0 Å². The highest BCUT2D eigenvalue weighted by Crippen LogP contribution is 2.17. The summed E-state index contributed by atoms with van der Waals surface area (Å²) in [6.07, 6.45) is 1.05. The zero-order valence-electron chi connectivity index (χ0n) is 19.3. The van der Waals surface area contributed by atoms with E-state index in [2.05, 4.69) is 26.3 Å². The number of hydrogen-bond donors (Lipinski definition) is 1. The summed E-state index contributed by atoms with van der Waals surface area (Å²) in [5, 5.41) is 0. The highest BCUT2D eigenvalue weighted by atomic mass is 16.7. The Morgan fingerprint density at radius 2 is 0.931 bits per heavy atom. The number of rotatable bonds is 18. The summed E-state index contributed by atoms with van der Waals surface area (Å²) in [4.78, 5) is 16.6. The van der Waals surface area contributed by atoms with Gasteiger partial charge in [-0.2, -0.15) is 0 Å². The van der Waals surface area contributed by atoms with Crippen LogP contribution in [-0.4, -0.2) is 78.6 Å². The molecule has 0 aliphatic rings. The molecule has 0 rings (SSSR count). The second kappa shape index (κ2) is 17.0. The van der Waals surface area contributed by atoms with Gasteiger partial charge in [0, 0.05) is 12.0 Å². The Balaban J connectivity index is 3.15. The second-order valence-electron chi connectivity index (χ2n) is 8.90. The van der Waals surface area contributed by atoms with Crippen molar-refractivity contribution in [3.63, 3.8) is 0 Å². The Morgan fingerprint density at radius 1 is 0.586 bits per heavy atom. The molecule has 0 radical (unpaired) electrons. The predicted molar refractivity (Wildman–Crippen MR) is 112 cm³/mol. The van der Waals surface area contributed by atoms with Gasteiger partial charge in [0.2, 0.25) is 5.91 Å². The first-order chi connectivity index (χ1) is 13.6. The molecule has 0 saturated carbocycles. The third kappa shape index (κ3) is 21.8. The van der Waals surface area contributed by atoms with E-state index in [1.165, 1.54) is 0 Å². The fourth-order valence-electron chi connectivity index (χ4n) is 1.73. The van der Waals surface area contributed by atoms with Crippen LogP contribution in [0.25, 0.3) is 0 Å². The normalized spacial score (nSPS) is 12.3. The van der Waals surface area contributed by atoms with E-state index in [0.29, 0.717) is 71.5 Å². The number of hydrogen-bond acceptors (Lipinski definition) is 7. The first-order valence-corrected chi connectivity index (χ1v) is 10.4. The second-order valence-corrected chi connectivity index (χ2v) is 8.90. The van der Waals surface area contributed by atoms with Gasteiger partial charge in [0.25, 0.3) is 0 Å². The molecule has 0 bridgehead atoms. The molecule has 0 heterocycles. The maximum atomic E-state index is 11.5. The van der Waals surface area contributed by atoms with Crippen molar-refractivity contribution >= 4 is 5.91 Å². The Hall–Kier alpha value is -0.770. The van der Waals surface area contributed by atoms with E-state index >= 15 is 0 Å². The molecule has 0 saturated heterocycles. The minimum absolute atomic E-state index is 0.157. The molecule has 0 unspecified atom stereocenters. The SMILES string of the molecule is CC(C)(C)CCOCCOCCOCCOCCOCCONC(=O)C(C)(C)C. The fraction of sp³-hybridized carbons (Fsp3) is 0.952. The highest BCUT2D eigenvalue weighted by Gasteiger charge is 2.20. The average Bonchev–Trinajstić information content (AvgIpc) is 2.61. The fourth-order valence-corrected chi connectivity index (χ4v) is 1.73. The number of carbonyl (C=O) groups is 1. The molecule has 8 nitrogen and oxygen atoms in total. The molecule has 0 spiro atoms. The lowest BCUT2D eigenvalue weighted by molar-refractivity contribution is -0.143. The molecular formula is C21H43NO7. The van der Waals surface area contributed by atoms with Crippen LogP contribution in [0.4, 0.5) is 0 Å². The quantitative estimate of drug-likeness (QED) is 0.269. The Labute approximate surface area is 176 Å². The van der Waals surface area contributed by atoms with Gasteiger partial charge in [0.05, 0.1) is 66.1 Å². The molecule has 0 aliphatic heterocycles. The summed E-state index contributed by atoms with van der Waals surface area (Å²) in [7, 11) is 0. The largest absolute Gasteiger partial charge is 0.379 e. The molecule has 0 aromatic rings. The number of hydroxylamine groups is 1. The van der Waals surface area contributed by atoms with Gasteiger partial charge in [-0.15, -0.1) is 0 Å². The molecule has 0 aliphatic carbocycles. The van der Waals surface area contributed by atoms with Gasteiger partial charge in [0.1, 0.15) is 0 Å². The van der Waals surface area contributed by atoms with Crippen molar-refractivity contribution in [3.8, 4) is 0 Å². The molecule has 29 heavy (non-hydrogen) atoms. The summed E-state index contributed by atoms with van der Waals surface area (Å²) in [5.74, 6) is -0.157. The monoisotopic (exact) mass is 421 g/mol. The van der Waals surface area contributed by atoms with E-state index in [1.54, 1.807) is 0 Å². The van der Waals surface area contributed by atoms with Crippen molar-refractivity contribution in [2.75, 3.05) is 72.7 Å². The van der Waals surface area contributed by atoms with Crippen LogP contribution in [0.5, 0.6) is 0 Å². The zero-order valence-corrected chi connectivity index (χ0v) is 19.3. The highest BCUT2D eigenvalue weighted by molar-refractivity contribution is 5.80. The van der Waals surface area contributed by atoms with Gasteiger partial charge in [-0.25, -0.2) is 5.48 Å². The van der Waals surface area contributed by atoms with Crippen LogP contribution in [-0.2, 0) is 33.3 Å². The molecule has 174 valence electrons. The van der Waals surface area contributed by atoms with E-state index in [4.69, 9.17) is 28.5 Å². The Morgan fingerprint density at radius 3 is 1.28 bits per heavy atom. The summed E-state index contributed by atoms with van der Waals surface area (Å²) >= 11 is 0. The number of nitrogens with one attached hydrogen (secondary N) is 1. The van der Waals surface area contributed by atoms with Crippen LogP contribution in [0.1, 0.15) is 48.0 Å². The van der Waals surface area contributed by atoms with Crippen molar-refractivity contribution in [1.29, 1.82) is 0 Å². The van der Waals surface area contributed by atoms with Gasteiger partial charge >= 0.3 is 0 Å². The molecule has 0 fully saturated rings. The van der Waals surface area contributed by atoms with Crippen molar-refractivity contribution in [1.82, 2.24) is 5.48 Å². The molecule has 0 atom stereocenters. The van der Waals surface area contributed by atoms with Gasteiger partial charge in [-0.05, 0) is 11.8 Å². The first-order valence-electron chi connectivity index (χ1n) is 10.4. The van der Waals surface area contributed by atoms with E-state index in [9.17, 15) is 4.79 Å². The summed E-state index contributed by atoms with van der Waals surface area (Å²) in [6.45, 7) is 17.8. The zero-order chi connectivity index (χ0) is 22.0. The van der Waals surface area contributed by atoms with E-state index in [-0.39, 0.29) is 5.91 Å². The van der Waals surface area contributed by atoms with Gasteiger partial charge in [0.15, 0.2) is 0 Å². The molecule has 0 aromatic carbocycles. The minimum Gasteiger partial charge on any atom is -0.379 e. The van der Waals surface area contributed by atoms with Crippen LogP contribution in [0, 0.1) is 10.8 Å². The minimum atomic E-state index is -0.469. The number of carbonyl (C=O) groups excluding carboxylic acids is 1. The number of ether oxygens (including phenoxy) is 5. The van der Waals surface area contributed by atoms with E-state index < -0.39 is 5.41 Å². The third-order valence-corrected chi connectivity index (χ3v) is 3.66. The van der Waals surface area contributed by atoms with Gasteiger partial charge < -0.3 is 23.7 Å². The predicted octanol–water partition coefficient (Wildman–Crippen LogP) is 2.60. The maximum absolute atomic E-state index is 11.5. The van der Waals surface area contributed by atoms with Crippen molar-refractivity contribution in [3.05, 3.63) is 0 Å². The maximum Gasteiger partial charge on any atom is 0.248 e. The summed E-state index contributed by atoms with van der Waals surface area (Å²) in [6, 6.07) is 0. The van der Waals surface area contributed by atoms with Crippen molar-refractivity contribution in [2.24, 2.45) is 10.8 Å². The standard InChI is InChI=1S/C21H43NO7/c1-20(2,3)7-8-24-9-10-25-11-12-26-13-14-27-15-16-28-17-18-29-22-19(23)21(4,5)6/h7-18H2,1-6H3,(H,22,23). The van der Waals surface area contributed by atoms with Crippen LogP contribution in [0.2, 0.25) is 0 Å². The molecule has 0 aromatic heterocycles. The summed E-state index contributed by atoms with van der Waals surface area (Å²) < 4.78 is 27.1. The van der Waals surface area contributed by atoms with E-state index in [0.717, 1.165) is 13.0 Å². The summed E-state index contributed by atoms with van der Waals surface area (Å²) in [5.41, 5.74) is 2.24. The smallest absolute Gasteiger partial charge is 0.248 e. The average molecular weight is 422 g/mol. The molecular weight excluding hydrogens is 378 g/mol. The molecule has 1 amide bonds. The van der Waals surface area contributed by atoms with Crippen LogP contribution < -0.4 is 5.48 Å². The third-order valence-electron chi connectivity index (χ3n) is 3.66. The number of amides is 1. The lowest BCUT2D eigenvalue weighted by Crippen LogP contribution is -2.35. The van der Waals surface area contributed by atoms with Gasteiger partial charge in [-0.1, -0.05) is 41.5 Å². The Kier molecular flexibility index (Phi) is 16.5. The first kappa shape index (κ1) is 28.2. The molecule has 1 N–H and O–H groups in total. The Bertz CT molecular complexity index is 391. The van der Waals surface area contributed by atoms with Crippen LogP contribution in [0.15, 0.2) is 0 Å².